The van der Waals surface area contributed by atoms with Gasteiger partial charge >= 0.3 is 0 Å². The first kappa shape index (κ1) is 17.3. The van der Waals surface area contributed by atoms with E-state index in [-0.39, 0.29) is 37.4 Å². The number of nitrogens with zero attached hydrogens (tertiary/aromatic N) is 4. The molecule has 1 aromatic heterocycles. The van der Waals surface area contributed by atoms with Gasteiger partial charge in [-0.1, -0.05) is 42.5 Å². The molecule has 1 saturated heterocycles. The van der Waals surface area contributed by atoms with Crippen LogP contribution in [-0.4, -0.2) is 61.8 Å². The summed E-state index contributed by atoms with van der Waals surface area (Å²) in [5.74, 6) is -0.0864. The highest BCUT2D eigenvalue weighted by Gasteiger charge is 2.71. The topological polar surface area (TPSA) is 91.5 Å². The standard InChI is InChI=1S/C21H22N4O3/c26-12-15-20(14-6-2-1-3-7-14)21(15)13-24(10-18(21)27)19(28)11-25-22-16-8-4-5-9-17(16)23-25/h1-9,15,18,20,26-27H,10-13H2/t15-,18-,20-,21-/m1/s1. The molecule has 1 aliphatic carbocycles. The second kappa shape index (κ2) is 6.39. The molecule has 1 aliphatic heterocycles. The molecule has 2 aliphatic rings. The zero-order chi connectivity index (χ0) is 19.3. The molecule has 7 heteroatoms. The lowest BCUT2D eigenvalue weighted by atomic mass is 9.95. The molecule has 144 valence electrons. The maximum absolute atomic E-state index is 12.8. The summed E-state index contributed by atoms with van der Waals surface area (Å²) in [6.07, 6.45) is -0.650. The molecular weight excluding hydrogens is 356 g/mol. The number of fused-ring (bicyclic) bond motifs is 1. The highest BCUT2D eigenvalue weighted by atomic mass is 16.3. The SMILES string of the molecule is O=C(Cn1nc2ccccc2n1)N1C[C@@H](O)[C@@]2(C1)[C@H](CO)[C@H]2c1ccccc1. The second-order valence-electron chi connectivity index (χ2n) is 7.80. The summed E-state index contributed by atoms with van der Waals surface area (Å²) in [7, 11) is 0. The molecule has 0 bridgehead atoms. The van der Waals surface area contributed by atoms with Crippen LogP contribution in [0.5, 0.6) is 0 Å². The Morgan fingerprint density at radius 2 is 1.71 bits per heavy atom. The van der Waals surface area contributed by atoms with E-state index in [0.717, 1.165) is 16.6 Å². The molecule has 1 amide bonds. The summed E-state index contributed by atoms with van der Waals surface area (Å²) < 4.78 is 0. The Hall–Kier alpha value is -2.77. The van der Waals surface area contributed by atoms with Crippen molar-refractivity contribution in [1.29, 1.82) is 0 Å². The Labute approximate surface area is 162 Å². The first-order chi connectivity index (χ1) is 13.6. The zero-order valence-corrected chi connectivity index (χ0v) is 15.3. The van der Waals surface area contributed by atoms with E-state index in [0.29, 0.717) is 6.54 Å². The van der Waals surface area contributed by atoms with Crippen molar-refractivity contribution in [2.75, 3.05) is 19.7 Å². The third kappa shape index (κ3) is 2.54. The van der Waals surface area contributed by atoms with E-state index in [4.69, 9.17) is 0 Å². The van der Waals surface area contributed by atoms with Crippen molar-refractivity contribution in [3.8, 4) is 0 Å². The summed E-state index contributed by atoms with van der Waals surface area (Å²) >= 11 is 0. The average Bonchev–Trinajstić information content (AvgIpc) is 2.97. The number of β-amino-alcohol motifs (C(OH)–C–C–N with tert-alkyl or cyclic N) is 1. The van der Waals surface area contributed by atoms with E-state index < -0.39 is 11.5 Å². The lowest BCUT2D eigenvalue weighted by molar-refractivity contribution is -0.131. The molecule has 0 radical (unpaired) electrons. The average molecular weight is 378 g/mol. The van der Waals surface area contributed by atoms with Gasteiger partial charge in [0.15, 0.2) is 0 Å². The number of benzene rings is 2. The summed E-state index contributed by atoms with van der Waals surface area (Å²) in [4.78, 5) is 15.9. The minimum Gasteiger partial charge on any atom is -0.396 e. The van der Waals surface area contributed by atoms with Crippen LogP contribution in [0.25, 0.3) is 11.0 Å². The molecule has 0 unspecified atom stereocenters. The van der Waals surface area contributed by atoms with Crippen molar-refractivity contribution < 1.29 is 15.0 Å². The summed E-state index contributed by atoms with van der Waals surface area (Å²) in [6, 6.07) is 17.4. The van der Waals surface area contributed by atoms with Gasteiger partial charge in [0.1, 0.15) is 17.6 Å². The zero-order valence-electron chi connectivity index (χ0n) is 15.3. The number of amides is 1. The van der Waals surface area contributed by atoms with Crippen molar-refractivity contribution in [3.05, 3.63) is 60.2 Å². The fourth-order valence-corrected chi connectivity index (χ4v) is 4.95. The Morgan fingerprint density at radius 1 is 1.07 bits per heavy atom. The Kier molecular flexibility index (Phi) is 3.96. The maximum Gasteiger partial charge on any atom is 0.246 e. The molecule has 2 fully saturated rings. The van der Waals surface area contributed by atoms with Crippen LogP contribution in [-0.2, 0) is 11.3 Å². The fraction of sp³-hybridized carbons (Fsp3) is 0.381. The number of hydrogen-bond donors (Lipinski definition) is 2. The lowest BCUT2D eigenvalue weighted by Gasteiger charge is -2.16. The van der Waals surface area contributed by atoms with Gasteiger partial charge in [-0.15, -0.1) is 0 Å². The molecule has 3 aromatic rings. The first-order valence-electron chi connectivity index (χ1n) is 9.55. The minimum atomic E-state index is -0.650. The minimum absolute atomic E-state index is 0.00471. The predicted molar refractivity (Wildman–Crippen MR) is 102 cm³/mol. The highest BCUT2D eigenvalue weighted by molar-refractivity contribution is 5.78. The number of aliphatic hydroxyl groups excluding tert-OH is 2. The predicted octanol–water partition coefficient (Wildman–Crippen LogP) is 1.03. The largest absolute Gasteiger partial charge is 0.396 e. The molecule has 5 rings (SSSR count). The van der Waals surface area contributed by atoms with Crippen LogP contribution in [0.1, 0.15) is 11.5 Å². The van der Waals surface area contributed by atoms with Gasteiger partial charge in [0.2, 0.25) is 5.91 Å². The molecule has 2 heterocycles. The van der Waals surface area contributed by atoms with E-state index >= 15 is 0 Å². The Morgan fingerprint density at radius 3 is 2.36 bits per heavy atom. The van der Waals surface area contributed by atoms with Crippen LogP contribution >= 0.6 is 0 Å². The number of aliphatic hydroxyl groups is 2. The molecule has 1 saturated carbocycles. The van der Waals surface area contributed by atoms with Crippen molar-refractivity contribution in [2.45, 2.75) is 18.6 Å². The van der Waals surface area contributed by atoms with Gasteiger partial charge in [-0.2, -0.15) is 15.0 Å². The Balaban J connectivity index is 1.34. The lowest BCUT2D eigenvalue weighted by Crippen LogP contribution is -2.33. The van der Waals surface area contributed by atoms with Crippen LogP contribution < -0.4 is 0 Å². The van der Waals surface area contributed by atoms with Crippen molar-refractivity contribution in [2.24, 2.45) is 11.3 Å². The summed E-state index contributed by atoms with van der Waals surface area (Å²) in [5, 5.41) is 29.4. The smallest absolute Gasteiger partial charge is 0.246 e. The van der Waals surface area contributed by atoms with Crippen LogP contribution in [0.3, 0.4) is 0 Å². The normalized spacial score (nSPS) is 28.9. The molecule has 1 spiro atoms. The fourth-order valence-electron chi connectivity index (χ4n) is 4.95. The number of likely N-dealkylation sites (tertiary alicyclic amines) is 1. The molecule has 28 heavy (non-hydrogen) atoms. The van der Waals surface area contributed by atoms with Crippen LogP contribution in [0.4, 0.5) is 0 Å². The summed E-state index contributed by atoms with van der Waals surface area (Å²) in [5.41, 5.74) is 2.14. The highest BCUT2D eigenvalue weighted by Crippen LogP contribution is 2.68. The molecular formula is C21H22N4O3. The van der Waals surface area contributed by atoms with E-state index in [1.54, 1.807) is 4.90 Å². The van der Waals surface area contributed by atoms with Crippen LogP contribution in [0.2, 0.25) is 0 Å². The van der Waals surface area contributed by atoms with E-state index in [9.17, 15) is 15.0 Å². The Bertz CT molecular complexity index is 988. The van der Waals surface area contributed by atoms with Gasteiger partial charge < -0.3 is 15.1 Å². The molecule has 7 nitrogen and oxygen atoms in total. The number of rotatable bonds is 4. The quantitative estimate of drug-likeness (QED) is 0.708. The molecule has 2 aromatic carbocycles. The van der Waals surface area contributed by atoms with Crippen LogP contribution in [0.15, 0.2) is 54.6 Å². The number of carbonyl (C=O) groups is 1. The molecule has 2 N–H and O–H groups in total. The first-order valence-corrected chi connectivity index (χ1v) is 9.55. The second-order valence-corrected chi connectivity index (χ2v) is 7.80. The van der Waals surface area contributed by atoms with Crippen molar-refractivity contribution in [3.63, 3.8) is 0 Å². The molecule has 4 atom stereocenters. The van der Waals surface area contributed by atoms with Crippen molar-refractivity contribution >= 4 is 16.9 Å². The van der Waals surface area contributed by atoms with Crippen molar-refractivity contribution in [1.82, 2.24) is 19.9 Å². The number of carbonyl (C=O) groups excluding carboxylic acids is 1. The van der Waals surface area contributed by atoms with Gasteiger partial charge in [-0.3, -0.25) is 4.79 Å². The maximum atomic E-state index is 12.8. The monoisotopic (exact) mass is 378 g/mol. The van der Waals surface area contributed by atoms with Crippen LogP contribution in [0, 0.1) is 11.3 Å². The van der Waals surface area contributed by atoms with Gasteiger partial charge in [0, 0.05) is 25.1 Å². The van der Waals surface area contributed by atoms with E-state index in [2.05, 4.69) is 10.2 Å². The third-order valence-electron chi connectivity index (χ3n) is 6.35. The van der Waals surface area contributed by atoms with Gasteiger partial charge in [-0.25, -0.2) is 0 Å². The van der Waals surface area contributed by atoms with Gasteiger partial charge in [-0.05, 0) is 29.5 Å². The number of aromatic nitrogens is 3. The number of hydrogen-bond acceptors (Lipinski definition) is 5. The third-order valence-corrected chi connectivity index (χ3v) is 6.35. The van der Waals surface area contributed by atoms with E-state index in [1.165, 1.54) is 4.80 Å². The van der Waals surface area contributed by atoms with Gasteiger partial charge in [0.05, 0.1) is 6.10 Å². The van der Waals surface area contributed by atoms with Gasteiger partial charge in [0.25, 0.3) is 0 Å². The summed E-state index contributed by atoms with van der Waals surface area (Å²) in [6.45, 7) is 0.764. The van der Waals surface area contributed by atoms with E-state index in [1.807, 2.05) is 54.6 Å².